The van der Waals surface area contributed by atoms with E-state index in [-0.39, 0.29) is 24.2 Å². The topological polar surface area (TPSA) is 32.8 Å². The lowest BCUT2D eigenvalue weighted by atomic mass is 10.0. The molecule has 1 aromatic rings. The number of carbonyl (C=O) groups excluding carboxylic acids is 1. The number of halogens is 1. The van der Waals surface area contributed by atoms with Crippen LogP contribution in [0.3, 0.4) is 0 Å². The van der Waals surface area contributed by atoms with Gasteiger partial charge in [-0.1, -0.05) is 31.0 Å². The monoisotopic (exact) mass is 376 g/mol. The molecular formula is C22H33FN2O2. The quantitative estimate of drug-likeness (QED) is 0.728. The lowest BCUT2D eigenvalue weighted by molar-refractivity contribution is -0.134. The molecule has 0 atom stereocenters. The Balaban J connectivity index is 1.58. The van der Waals surface area contributed by atoms with Gasteiger partial charge >= 0.3 is 0 Å². The molecule has 0 N–H and O–H groups in total. The molecule has 1 aromatic carbocycles. The van der Waals surface area contributed by atoms with E-state index in [9.17, 15) is 9.18 Å². The predicted molar refractivity (Wildman–Crippen MR) is 105 cm³/mol. The minimum absolute atomic E-state index is 0.0443. The van der Waals surface area contributed by atoms with Crippen molar-refractivity contribution in [1.29, 1.82) is 0 Å². The summed E-state index contributed by atoms with van der Waals surface area (Å²) in [5.74, 6) is -0.245. The molecule has 0 radical (unpaired) electrons. The van der Waals surface area contributed by atoms with E-state index in [2.05, 4.69) is 4.90 Å². The molecule has 0 aromatic heterocycles. The lowest BCUT2D eigenvalue weighted by Gasteiger charge is -2.35. The minimum Gasteiger partial charge on any atom is -0.381 e. The second kappa shape index (κ2) is 10.8. The molecule has 2 aliphatic rings. The van der Waals surface area contributed by atoms with Crippen LogP contribution in [0, 0.1) is 5.82 Å². The lowest BCUT2D eigenvalue weighted by Crippen LogP contribution is -2.45. The number of amides is 1. The third kappa shape index (κ3) is 6.28. The fourth-order valence-corrected chi connectivity index (χ4v) is 4.24. The summed E-state index contributed by atoms with van der Waals surface area (Å²) >= 11 is 0. The molecule has 2 saturated heterocycles. The molecule has 0 unspecified atom stereocenters. The summed E-state index contributed by atoms with van der Waals surface area (Å²) in [6.45, 7) is 5.59. The van der Waals surface area contributed by atoms with Crippen molar-refractivity contribution < 1.29 is 13.9 Å². The summed E-state index contributed by atoms with van der Waals surface area (Å²) < 4.78 is 19.5. The fraction of sp³-hybridized carbons (Fsp3) is 0.682. The first-order valence-corrected chi connectivity index (χ1v) is 10.6. The van der Waals surface area contributed by atoms with E-state index < -0.39 is 0 Å². The molecule has 2 heterocycles. The molecule has 1 amide bonds. The van der Waals surface area contributed by atoms with E-state index in [1.807, 2.05) is 4.90 Å². The van der Waals surface area contributed by atoms with Gasteiger partial charge in [0.2, 0.25) is 5.91 Å². The summed E-state index contributed by atoms with van der Waals surface area (Å²) in [5.41, 5.74) is 0.493. The summed E-state index contributed by atoms with van der Waals surface area (Å²) in [7, 11) is 0. The van der Waals surface area contributed by atoms with Crippen molar-refractivity contribution in [2.45, 2.75) is 57.4 Å². The van der Waals surface area contributed by atoms with E-state index in [0.717, 1.165) is 32.4 Å². The Morgan fingerprint density at radius 2 is 1.81 bits per heavy atom. The Labute approximate surface area is 162 Å². The highest BCUT2D eigenvalue weighted by molar-refractivity contribution is 5.79. The summed E-state index contributed by atoms with van der Waals surface area (Å²) in [6.07, 6.45) is 8.15. The molecule has 27 heavy (non-hydrogen) atoms. The zero-order valence-corrected chi connectivity index (χ0v) is 16.4. The van der Waals surface area contributed by atoms with Crippen molar-refractivity contribution >= 4 is 5.91 Å². The number of carbonyl (C=O) groups is 1. The summed E-state index contributed by atoms with van der Waals surface area (Å²) in [4.78, 5) is 17.6. The van der Waals surface area contributed by atoms with Crippen molar-refractivity contribution in [1.82, 2.24) is 9.80 Å². The average Bonchev–Trinajstić information content (AvgIpc) is 2.96. The van der Waals surface area contributed by atoms with Crippen LogP contribution in [0.15, 0.2) is 24.3 Å². The highest BCUT2D eigenvalue weighted by Crippen LogP contribution is 2.18. The largest absolute Gasteiger partial charge is 0.381 e. The minimum atomic E-state index is -0.289. The number of ether oxygens (including phenoxy) is 1. The average molecular weight is 377 g/mol. The van der Waals surface area contributed by atoms with Crippen LogP contribution >= 0.6 is 0 Å². The number of benzene rings is 1. The zero-order chi connectivity index (χ0) is 18.9. The van der Waals surface area contributed by atoms with Gasteiger partial charge < -0.3 is 14.5 Å². The Bertz CT molecular complexity index is 581. The standard InChI is InChI=1S/C22H33FN2O2/c23-21-9-4-3-8-19(21)18-22(26)25(20-10-16-27-17-11-20)15-7-14-24-12-5-1-2-6-13-24/h3-4,8-9,20H,1-2,5-7,10-18H2. The third-order valence-corrected chi connectivity index (χ3v) is 5.82. The number of rotatable bonds is 7. The zero-order valence-electron chi connectivity index (χ0n) is 16.4. The van der Waals surface area contributed by atoms with Gasteiger partial charge in [0.25, 0.3) is 0 Å². The van der Waals surface area contributed by atoms with Gasteiger partial charge in [0.15, 0.2) is 0 Å². The first-order chi connectivity index (χ1) is 13.2. The fourth-order valence-electron chi connectivity index (χ4n) is 4.24. The van der Waals surface area contributed by atoms with Crippen LogP contribution in [0.1, 0.15) is 50.5 Å². The Morgan fingerprint density at radius 1 is 1.11 bits per heavy atom. The third-order valence-electron chi connectivity index (χ3n) is 5.82. The summed E-state index contributed by atoms with van der Waals surface area (Å²) in [6, 6.07) is 6.83. The van der Waals surface area contributed by atoms with Gasteiger partial charge in [0.05, 0.1) is 6.42 Å². The molecular weight excluding hydrogens is 343 g/mol. The number of nitrogens with zero attached hydrogens (tertiary/aromatic N) is 2. The molecule has 3 rings (SSSR count). The van der Waals surface area contributed by atoms with Gasteiger partial charge in [-0.05, 0) is 63.4 Å². The number of hydrogen-bond donors (Lipinski definition) is 0. The van der Waals surface area contributed by atoms with Crippen LogP contribution in [-0.2, 0) is 16.0 Å². The molecule has 0 saturated carbocycles. The first kappa shape index (κ1) is 20.3. The van der Waals surface area contributed by atoms with Crippen molar-refractivity contribution in [3.8, 4) is 0 Å². The maximum absolute atomic E-state index is 14.0. The van der Waals surface area contributed by atoms with E-state index in [1.165, 1.54) is 44.8 Å². The molecule has 4 nitrogen and oxygen atoms in total. The first-order valence-electron chi connectivity index (χ1n) is 10.6. The van der Waals surface area contributed by atoms with E-state index in [0.29, 0.717) is 18.8 Å². The van der Waals surface area contributed by atoms with Crippen LogP contribution in [0.5, 0.6) is 0 Å². The van der Waals surface area contributed by atoms with Crippen molar-refractivity contribution in [3.05, 3.63) is 35.6 Å². The maximum Gasteiger partial charge on any atom is 0.227 e. The van der Waals surface area contributed by atoms with E-state index in [4.69, 9.17) is 4.74 Å². The van der Waals surface area contributed by atoms with Crippen LogP contribution < -0.4 is 0 Å². The van der Waals surface area contributed by atoms with Crippen molar-refractivity contribution in [2.24, 2.45) is 0 Å². The normalized spacial score (nSPS) is 19.6. The second-order valence-corrected chi connectivity index (χ2v) is 7.81. The molecule has 5 heteroatoms. The van der Waals surface area contributed by atoms with Crippen LogP contribution in [0.4, 0.5) is 4.39 Å². The molecule has 0 bridgehead atoms. The van der Waals surface area contributed by atoms with Crippen LogP contribution in [0.25, 0.3) is 0 Å². The SMILES string of the molecule is O=C(Cc1ccccc1F)N(CCCN1CCCCCC1)C1CCOCC1. The highest BCUT2D eigenvalue weighted by atomic mass is 19.1. The molecule has 0 spiro atoms. The smallest absolute Gasteiger partial charge is 0.227 e. The molecule has 150 valence electrons. The van der Waals surface area contributed by atoms with E-state index >= 15 is 0 Å². The van der Waals surface area contributed by atoms with Crippen molar-refractivity contribution in [2.75, 3.05) is 39.4 Å². The Hall–Kier alpha value is -1.46. The molecule has 2 fully saturated rings. The van der Waals surface area contributed by atoms with Crippen LogP contribution in [-0.4, -0.2) is 61.1 Å². The highest BCUT2D eigenvalue weighted by Gasteiger charge is 2.26. The molecule has 2 aliphatic heterocycles. The summed E-state index contributed by atoms with van der Waals surface area (Å²) in [5, 5.41) is 0. The van der Waals surface area contributed by atoms with Gasteiger partial charge in [-0.15, -0.1) is 0 Å². The van der Waals surface area contributed by atoms with Gasteiger partial charge in [-0.25, -0.2) is 4.39 Å². The Morgan fingerprint density at radius 3 is 2.52 bits per heavy atom. The number of hydrogen-bond acceptors (Lipinski definition) is 3. The van der Waals surface area contributed by atoms with Gasteiger partial charge in [-0.3, -0.25) is 4.79 Å². The Kier molecular flexibility index (Phi) is 8.09. The van der Waals surface area contributed by atoms with Crippen molar-refractivity contribution in [3.63, 3.8) is 0 Å². The van der Waals surface area contributed by atoms with Crippen LogP contribution in [0.2, 0.25) is 0 Å². The molecule has 0 aliphatic carbocycles. The van der Waals surface area contributed by atoms with Gasteiger partial charge in [-0.2, -0.15) is 0 Å². The van der Waals surface area contributed by atoms with E-state index in [1.54, 1.807) is 18.2 Å². The maximum atomic E-state index is 14.0. The van der Waals surface area contributed by atoms with Gasteiger partial charge in [0.1, 0.15) is 5.82 Å². The number of likely N-dealkylation sites (tertiary alicyclic amines) is 1. The van der Waals surface area contributed by atoms with Gasteiger partial charge in [0, 0.05) is 25.8 Å². The second-order valence-electron chi connectivity index (χ2n) is 7.81. The predicted octanol–water partition coefficient (Wildman–Crippen LogP) is 3.64.